The molecule has 0 aliphatic carbocycles. The van der Waals surface area contributed by atoms with Gasteiger partial charge in [0.15, 0.2) is 8.32 Å². The summed E-state index contributed by atoms with van der Waals surface area (Å²) in [5.41, 5.74) is 1.28. The molecule has 1 nitrogen and oxygen atoms in total. The van der Waals surface area contributed by atoms with Gasteiger partial charge < -0.3 is 4.43 Å². The molecule has 2 heteroatoms. The Morgan fingerprint density at radius 1 is 1.05 bits per heavy atom. The van der Waals surface area contributed by atoms with Gasteiger partial charge in [0.05, 0.1) is 0 Å². The first-order valence-corrected chi connectivity index (χ1v) is 10.6. The lowest BCUT2D eigenvalue weighted by Crippen LogP contribution is -2.40. The van der Waals surface area contributed by atoms with E-state index in [4.69, 9.17) is 4.43 Å². The number of allylic oxidation sites excluding steroid dienone is 1. The highest BCUT2D eigenvalue weighted by Crippen LogP contribution is 2.36. The van der Waals surface area contributed by atoms with Crippen LogP contribution in [-0.4, -0.2) is 14.9 Å². The van der Waals surface area contributed by atoms with E-state index in [9.17, 15) is 0 Å². The number of unbranched alkanes of at least 4 members (excludes halogenated alkanes) is 2. The normalized spacial score (nSPS) is 13.1. The molecule has 1 aromatic carbocycles. The molecule has 0 saturated heterocycles. The highest BCUT2D eigenvalue weighted by molar-refractivity contribution is 6.74. The standard InChI is InChI=1S/C18H30OSi/c1-18(2,3)20(4,5)19-16-12-7-6-9-13-17-14-10-8-11-15-17/h8-11,13-15H,6-7,12,16H2,1-5H3/b13-9-. The van der Waals surface area contributed by atoms with Crippen LogP contribution in [0, 0.1) is 0 Å². The number of rotatable bonds is 7. The van der Waals surface area contributed by atoms with Crippen molar-refractivity contribution in [1.82, 2.24) is 0 Å². The second-order valence-electron chi connectivity index (χ2n) is 6.92. The van der Waals surface area contributed by atoms with Gasteiger partial charge in [-0.05, 0) is 43.0 Å². The van der Waals surface area contributed by atoms with Gasteiger partial charge in [0.1, 0.15) is 0 Å². The Labute approximate surface area is 126 Å². The molecule has 0 aliphatic rings. The lowest BCUT2D eigenvalue weighted by molar-refractivity contribution is 0.279. The molecule has 0 aromatic heterocycles. The fourth-order valence-corrected chi connectivity index (χ4v) is 2.78. The molecular formula is C18H30OSi. The van der Waals surface area contributed by atoms with Crippen molar-refractivity contribution in [3.05, 3.63) is 42.0 Å². The number of hydrogen-bond donors (Lipinski definition) is 0. The minimum absolute atomic E-state index is 0.320. The maximum Gasteiger partial charge on any atom is 0.191 e. The van der Waals surface area contributed by atoms with Crippen LogP contribution in [0.25, 0.3) is 6.08 Å². The highest BCUT2D eigenvalue weighted by Gasteiger charge is 2.36. The van der Waals surface area contributed by atoms with Crippen molar-refractivity contribution in [2.45, 2.75) is 58.2 Å². The molecule has 1 rings (SSSR count). The van der Waals surface area contributed by atoms with Crippen molar-refractivity contribution >= 4 is 14.4 Å². The third kappa shape index (κ3) is 6.06. The van der Waals surface area contributed by atoms with Crippen molar-refractivity contribution in [1.29, 1.82) is 0 Å². The molecule has 0 spiro atoms. The molecule has 112 valence electrons. The van der Waals surface area contributed by atoms with Gasteiger partial charge in [-0.3, -0.25) is 0 Å². The van der Waals surface area contributed by atoms with Crippen LogP contribution in [0.3, 0.4) is 0 Å². The fraction of sp³-hybridized carbons (Fsp3) is 0.556. The van der Waals surface area contributed by atoms with E-state index in [1.165, 1.54) is 12.0 Å². The van der Waals surface area contributed by atoms with Crippen LogP contribution in [0.15, 0.2) is 36.4 Å². The van der Waals surface area contributed by atoms with Crippen molar-refractivity contribution in [2.75, 3.05) is 6.61 Å². The van der Waals surface area contributed by atoms with Crippen LogP contribution >= 0.6 is 0 Å². The predicted octanol–water partition coefficient (Wildman–Crippen LogP) is 5.89. The Kier molecular flexibility index (Phi) is 6.70. The fourth-order valence-electron chi connectivity index (χ4n) is 1.69. The van der Waals surface area contributed by atoms with Gasteiger partial charge in [0, 0.05) is 6.61 Å². The van der Waals surface area contributed by atoms with Crippen LogP contribution in [-0.2, 0) is 4.43 Å². The average molecular weight is 291 g/mol. The Morgan fingerprint density at radius 3 is 2.30 bits per heavy atom. The molecule has 0 fully saturated rings. The van der Waals surface area contributed by atoms with Gasteiger partial charge in [-0.15, -0.1) is 0 Å². The summed E-state index contributed by atoms with van der Waals surface area (Å²) in [5.74, 6) is 0. The summed E-state index contributed by atoms with van der Waals surface area (Å²) in [6.07, 6.45) is 7.97. The highest BCUT2D eigenvalue weighted by atomic mass is 28.4. The molecule has 0 saturated carbocycles. The molecule has 0 heterocycles. The van der Waals surface area contributed by atoms with E-state index in [0.29, 0.717) is 5.04 Å². The Morgan fingerprint density at radius 2 is 1.70 bits per heavy atom. The van der Waals surface area contributed by atoms with Crippen molar-refractivity contribution in [3.63, 3.8) is 0 Å². The zero-order valence-corrected chi connectivity index (χ0v) is 14.8. The summed E-state index contributed by atoms with van der Waals surface area (Å²) >= 11 is 0. The summed E-state index contributed by atoms with van der Waals surface area (Å²) in [4.78, 5) is 0. The third-order valence-corrected chi connectivity index (χ3v) is 8.68. The van der Waals surface area contributed by atoms with Crippen LogP contribution < -0.4 is 0 Å². The lowest BCUT2D eigenvalue weighted by atomic mass is 10.2. The van der Waals surface area contributed by atoms with Gasteiger partial charge >= 0.3 is 0 Å². The molecule has 0 aliphatic heterocycles. The Balaban J connectivity index is 2.16. The molecule has 0 radical (unpaired) electrons. The van der Waals surface area contributed by atoms with Crippen molar-refractivity contribution in [2.24, 2.45) is 0 Å². The Hall–Kier alpha value is -0.863. The van der Waals surface area contributed by atoms with Crippen LogP contribution in [0.1, 0.15) is 45.6 Å². The first kappa shape index (κ1) is 17.2. The summed E-state index contributed by atoms with van der Waals surface area (Å²) in [6, 6.07) is 10.5. The van der Waals surface area contributed by atoms with Gasteiger partial charge in [-0.2, -0.15) is 0 Å². The summed E-state index contributed by atoms with van der Waals surface area (Å²) in [7, 11) is -1.54. The minimum atomic E-state index is -1.54. The van der Waals surface area contributed by atoms with E-state index in [0.717, 1.165) is 19.4 Å². The first-order valence-electron chi connectivity index (χ1n) is 7.68. The summed E-state index contributed by atoms with van der Waals surface area (Å²) < 4.78 is 6.17. The first-order chi connectivity index (χ1) is 9.33. The average Bonchev–Trinajstić information content (AvgIpc) is 2.37. The van der Waals surface area contributed by atoms with Crippen molar-refractivity contribution < 1.29 is 4.43 Å². The quantitative estimate of drug-likeness (QED) is 0.449. The maximum absolute atomic E-state index is 6.17. The largest absolute Gasteiger partial charge is 0.417 e. The predicted molar refractivity (Wildman–Crippen MR) is 92.5 cm³/mol. The maximum atomic E-state index is 6.17. The van der Waals surface area contributed by atoms with Crippen LogP contribution in [0.5, 0.6) is 0 Å². The SMILES string of the molecule is CC(C)(C)[Si](C)(C)OCCCC/C=C\c1ccccc1. The topological polar surface area (TPSA) is 9.23 Å². The van der Waals surface area contributed by atoms with Gasteiger partial charge in [0.2, 0.25) is 0 Å². The van der Waals surface area contributed by atoms with Gasteiger partial charge in [-0.1, -0.05) is 63.3 Å². The van der Waals surface area contributed by atoms with E-state index in [-0.39, 0.29) is 0 Å². The van der Waals surface area contributed by atoms with E-state index < -0.39 is 8.32 Å². The molecule has 0 unspecified atom stereocenters. The molecule has 20 heavy (non-hydrogen) atoms. The van der Waals surface area contributed by atoms with E-state index in [1.54, 1.807) is 0 Å². The molecule has 0 atom stereocenters. The van der Waals surface area contributed by atoms with Crippen molar-refractivity contribution in [3.8, 4) is 0 Å². The van der Waals surface area contributed by atoms with E-state index in [2.05, 4.69) is 76.3 Å². The molecule has 0 bridgehead atoms. The molecule has 1 aromatic rings. The monoisotopic (exact) mass is 290 g/mol. The number of hydrogen-bond acceptors (Lipinski definition) is 1. The minimum Gasteiger partial charge on any atom is -0.417 e. The lowest BCUT2D eigenvalue weighted by Gasteiger charge is -2.36. The van der Waals surface area contributed by atoms with E-state index in [1.807, 2.05) is 0 Å². The Bertz CT molecular complexity index is 401. The second kappa shape index (κ2) is 7.80. The van der Waals surface area contributed by atoms with Gasteiger partial charge in [0.25, 0.3) is 0 Å². The zero-order valence-electron chi connectivity index (χ0n) is 13.8. The molecule has 0 N–H and O–H groups in total. The molecule has 0 amide bonds. The second-order valence-corrected chi connectivity index (χ2v) is 11.7. The summed E-state index contributed by atoms with van der Waals surface area (Å²) in [6.45, 7) is 12.4. The van der Waals surface area contributed by atoms with Crippen LogP contribution in [0.4, 0.5) is 0 Å². The zero-order chi connectivity index (χ0) is 15.1. The van der Waals surface area contributed by atoms with E-state index >= 15 is 0 Å². The smallest absolute Gasteiger partial charge is 0.191 e. The van der Waals surface area contributed by atoms with Gasteiger partial charge in [-0.25, -0.2) is 0 Å². The number of benzene rings is 1. The molecular weight excluding hydrogens is 260 g/mol. The summed E-state index contributed by atoms with van der Waals surface area (Å²) in [5, 5.41) is 0.320. The van der Waals surface area contributed by atoms with Crippen LogP contribution in [0.2, 0.25) is 18.1 Å². The third-order valence-electron chi connectivity index (χ3n) is 4.14.